The van der Waals surface area contributed by atoms with E-state index >= 15 is 0 Å². The van der Waals surface area contributed by atoms with E-state index < -0.39 is 0 Å². The van der Waals surface area contributed by atoms with Crippen molar-refractivity contribution in [2.45, 2.75) is 6.42 Å². The van der Waals surface area contributed by atoms with E-state index in [9.17, 15) is 4.79 Å². The van der Waals surface area contributed by atoms with Crippen molar-refractivity contribution in [1.82, 2.24) is 4.90 Å². The monoisotopic (exact) mass is 201 g/mol. The van der Waals surface area contributed by atoms with Gasteiger partial charge >= 0.3 is 5.97 Å². The Morgan fingerprint density at radius 3 is 2.79 bits per heavy atom. The Labute approximate surface area is 85.2 Å². The summed E-state index contributed by atoms with van der Waals surface area (Å²) in [7, 11) is 5.57. The molecular formula is C10H19NO3. The quantitative estimate of drug-likeness (QED) is 0.582. The summed E-state index contributed by atoms with van der Waals surface area (Å²) in [5, 5.41) is 0. The third-order valence-electron chi connectivity index (χ3n) is 2.39. The molecule has 1 aliphatic carbocycles. The second kappa shape index (κ2) is 5.32. The first-order valence-corrected chi connectivity index (χ1v) is 4.95. The molecule has 14 heavy (non-hydrogen) atoms. The highest BCUT2D eigenvalue weighted by Gasteiger charge is 2.43. The third-order valence-corrected chi connectivity index (χ3v) is 2.39. The lowest BCUT2D eigenvalue weighted by Gasteiger charge is -2.09. The van der Waals surface area contributed by atoms with Gasteiger partial charge in [-0.2, -0.15) is 0 Å². The largest absolute Gasteiger partial charge is 0.464 e. The summed E-state index contributed by atoms with van der Waals surface area (Å²) in [6.45, 7) is 1.95. The summed E-state index contributed by atoms with van der Waals surface area (Å²) in [6.07, 6.45) is 0.925. The normalized spacial score (nSPS) is 25.1. The number of carbonyl (C=O) groups excluding carboxylic acids is 1. The Balaban J connectivity index is 2.06. The summed E-state index contributed by atoms with van der Waals surface area (Å²) in [4.78, 5) is 13.4. The average molecular weight is 201 g/mol. The first kappa shape index (κ1) is 11.5. The maximum atomic E-state index is 11.4. The molecule has 0 spiro atoms. The summed E-state index contributed by atoms with van der Waals surface area (Å²) < 4.78 is 10.1. The molecule has 0 amide bonds. The van der Waals surface area contributed by atoms with Crippen LogP contribution in [0.3, 0.4) is 0 Å². The molecule has 0 heterocycles. The van der Waals surface area contributed by atoms with Gasteiger partial charge in [0, 0.05) is 20.3 Å². The van der Waals surface area contributed by atoms with Crippen molar-refractivity contribution < 1.29 is 14.3 Å². The van der Waals surface area contributed by atoms with Gasteiger partial charge in [0.05, 0.1) is 5.92 Å². The van der Waals surface area contributed by atoms with E-state index in [1.807, 2.05) is 19.0 Å². The van der Waals surface area contributed by atoms with E-state index in [-0.39, 0.29) is 11.9 Å². The van der Waals surface area contributed by atoms with E-state index in [1.165, 1.54) is 0 Å². The fraction of sp³-hybridized carbons (Fsp3) is 0.900. The lowest BCUT2D eigenvalue weighted by atomic mass is 10.3. The molecule has 0 aromatic heterocycles. The van der Waals surface area contributed by atoms with Crippen LogP contribution in [0.4, 0.5) is 0 Å². The van der Waals surface area contributed by atoms with E-state index in [2.05, 4.69) is 0 Å². The minimum atomic E-state index is -0.0612. The number of rotatable bonds is 6. The van der Waals surface area contributed by atoms with E-state index in [1.54, 1.807) is 7.11 Å². The molecule has 1 saturated carbocycles. The Morgan fingerprint density at radius 2 is 2.21 bits per heavy atom. The molecule has 0 radical (unpaired) electrons. The van der Waals surface area contributed by atoms with Crippen LogP contribution in [0.1, 0.15) is 6.42 Å². The molecule has 82 valence electrons. The number of likely N-dealkylation sites (N-methyl/N-ethyl adjacent to an activating group) is 1. The molecule has 2 atom stereocenters. The van der Waals surface area contributed by atoms with Crippen LogP contribution in [0.2, 0.25) is 0 Å². The third kappa shape index (κ3) is 3.64. The van der Waals surface area contributed by atoms with Gasteiger partial charge in [0.1, 0.15) is 6.61 Å². The van der Waals surface area contributed by atoms with Crippen LogP contribution in [-0.2, 0) is 14.3 Å². The molecule has 1 aliphatic rings. The van der Waals surface area contributed by atoms with Crippen LogP contribution < -0.4 is 0 Å². The number of hydrogen-bond acceptors (Lipinski definition) is 4. The van der Waals surface area contributed by atoms with Crippen molar-refractivity contribution in [3.63, 3.8) is 0 Å². The minimum absolute atomic E-state index is 0.0612. The fourth-order valence-corrected chi connectivity index (χ4v) is 1.37. The number of hydrogen-bond donors (Lipinski definition) is 0. The molecule has 4 nitrogen and oxygen atoms in total. The fourth-order valence-electron chi connectivity index (χ4n) is 1.37. The molecule has 0 unspecified atom stereocenters. The van der Waals surface area contributed by atoms with Gasteiger partial charge in [0.25, 0.3) is 0 Å². The van der Waals surface area contributed by atoms with Gasteiger partial charge in [-0.1, -0.05) is 0 Å². The number of methoxy groups -OCH3 is 1. The standard InChI is InChI=1S/C10H19NO3/c1-11(2)4-5-14-10(12)9-6-8(9)7-13-3/h8-9H,4-7H2,1-3H3/t8-,9+/m0/s1. The highest BCUT2D eigenvalue weighted by Crippen LogP contribution is 2.39. The second-order valence-electron chi connectivity index (χ2n) is 4.03. The SMILES string of the molecule is COC[C@@H]1C[C@H]1C(=O)OCCN(C)C. The predicted octanol–water partition coefficient (Wildman–Crippen LogP) is 0.374. The molecule has 0 saturated heterocycles. The zero-order valence-corrected chi connectivity index (χ0v) is 9.16. The van der Waals surface area contributed by atoms with Crippen molar-refractivity contribution in [2.24, 2.45) is 11.8 Å². The molecule has 4 heteroatoms. The van der Waals surface area contributed by atoms with Gasteiger partial charge in [-0.15, -0.1) is 0 Å². The average Bonchev–Trinajstić information content (AvgIpc) is 2.84. The zero-order chi connectivity index (χ0) is 10.6. The first-order chi connectivity index (χ1) is 6.65. The summed E-state index contributed by atoms with van der Waals surface area (Å²) >= 11 is 0. The number of nitrogens with zero attached hydrogens (tertiary/aromatic N) is 1. The van der Waals surface area contributed by atoms with Crippen LogP contribution in [0.25, 0.3) is 0 Å². The molecule has 0 aromatic rings. The highest BCUT2D eigenvalue weighted by molar-refractivity contribution is 5.75. The Morgan fingerprint density at radius 1 is 1.50 bits per heavy atom. The molecule has 1 fully saturated rings. The van der Waals surface area contributed by atoms with Crippen LogP contribution >= 0.6 is 0 Å². The van der Waals surface area contributed by atoms with E-state index in [0.717, 1.165) is 13.0 Å². The van der Waals surface area contributed by atoms with Gasteiger partial charge in [0.15, 0.2) is 0 Å². The van der Waals surface area contributed by atoms with Crippen molar-refractivity contribution in [1.29, 1.82) is 0 Å². The Hall–Kier alpha value is -0.610. The zero-order valence-electron chi connectivity index (χ0n) is 9.16. The van der Waals surface area contributed by atoms with Crippen molar-refractivity contribution in [3.8, 4) is 0 Å². The lowest BCUT2D eigenvalue weighted by Crippen LogP contribution is -2.21. The van der Waals surface area contributed by atoms with Crippen LogP contribution in [-0.4, -0.2) is 51.8 Å². The topological polar surface area (TPSA) is 38.8 Å². The predicted molar refractivity (Wildman–Crippen MR) is 53.0 cm³/mol. The summed E-state index contributed by atoms with van der Waals surface area (Å²) in [5.74, 6) is 0.429. The number of esters is 1. The highest BCUT2D eigenvalue weighted by atomic mass is 16.5. The van der Waals surface area contributed by atoms with E-state index in [4.69, 9.17) is 9.47 Å². The van der Waals surface area contributed by atoms with Gasteiger partial charge in [-0.3, -0.25) is 4.79 Å². The molecule has 0 aromatic carbocycles. The minimum Gasteiger partial charge on any atom is -0.464 e. The van der Waals surface area contributed by atoms with Gasteiger partial charge < -0.3 is 14.4 Å². The van der Waals surface area contributed by atoms with Crippen LogP contribution in [0.5, 0.6) is 0 Å². The van der Waals surface area contributed by atoms with Crippen LogP contribution in [0, 0.1) is 11.8 Å². The first-order valence-electron chi connectivity index (χ1n) is 4.95. The summed E-state index contributed by atoms with van der Waals surface area (Å²) in [6, 6.07) is 0. The second-order valence-corrected chi connectivity index (χ2v) is 4.03. The van der Waals surface area contributed by atoms with Gasteiger partial charge in [-0.25, -0.2) is 0 Å². The molecule has 0 N–H and O–H groups in total. The van der Waals surface area contributed by atoms with E-state index in [0.29, 0.717) is 19.1 Å². The smallest absolute Gasteiger partial charge is 0.309 e. The van der Waals surface area contributed by atoms with Gasteiger partial charge in [0.2, 0.25) is 0 Å². The maximum Gasteiger partial charge on any atom is 0.309 e. The molecular weight excluding hydrogens is 182 g/mol. The molecule has 0 bridgehead atoms. The van der Waals surface area contributed by atoms with Crippen molar-refractivity contribution in [2.75, 3.05) is 41.0 Å². The Kier molecular flexibility index (Phi) is 4.35. The Bertz CT molecular complexity index is 194. The van der Waals surface area contributed by atoms with Crippen molar-refractivity contribution in [3.05, 3.63) is 0 Å². The molecule has 0 aliphatic heterocycles. The van der Waals surface area contributed by atoms with Crippen LogP contribution in [0.15, 0.2) is 0 Å². The lowest BCUT2D eigenvalue weighted by molar-refractivity contribution is -0.146. The van der Waals surface area contributed by atoms with Crippen molar-refractivity contribution >= 4 is 5.97 Å². The number of carbonyl (C=O) groups is 1. The number of ether oxygens (including phenoxy) is 2. The van der Waals surface area contributed by atoms with Gasteiger partial charge in [-0.05, 0) is 26.4 Å². The summed E-state index contributed by atoms with van der Waals surface area (Å²) in [5.41, 5.74) is 0. The maximum absolute atomic E-state index is 11.4. The molecule has 1 rings (SSSR count).